The van der Waals surface area contributed by atoms with Crippen LogP contribution in [0, 0.1) is 0 Å². The molecule has 3 aromatic carbocycles. The Kier molecular flexibility index (Phi) is 8.48. The van der Waals surface area contributed by atoms with Gasteiger partial charge in [0.2, 0.25) is 0 Å². The molecule has 192 valence electrons. The lowest BCUT2D eigenvalue weighted by Gasteiger charge is -2.32. The van der Waals surface area contributed by atoms with E-state index in [2.05, 4.69) is 0 Å². The number of carbonyl (C=O) groups is 1. The van der Waals surface area contributed by atoms with Gasteiger partial charge in [-0.15, -0.1) is 0 Å². The Balaban J connectivity index is 1.92. The minimum absolute atomic E-state index is 0.224. The maximum atomic E-state index is 13.8. The Labute approximate surface area is 225 Å². The van der Waals surface area contributed by atoms with Gasteiger partial charge in [-0.25, -0.2) is 4.98 Å². The maximum absolute atomic E-state index is 13.8. The van der Waals surface area contributed by atoms with Crippen LogP contribution in [-0.4, -0.2) is 47.7 Å². The molecule has 0 spiro atoms. The van der Waals surface area contributed by atoms with E-state index in [4.69, 9.17) is 37.7 Å². The van der Waals surface area contributed by atoms with Crippen LogP contribution < -0.4 is 10.3 Å². The SMILES string of the molecule is CCC(c1nc2ccccc2c(=O)n1-c1ccc(OC)cc1)N(CCOC)C(=O)c1ccc(Cl)c(Cl)c1. The maximum Gasteiger partial charge on any atom is 0.266 e. The minimum Gasteiger partial charge on any atom is -0.497 e. The third-order valence-electron chi connectivity index (χ3n) is 6.16. The third kappa shape index (κ3) is 5.49. The number of methoxy groups -OCH3 is 2. The smallest absolute Gasteiger partial charge is 0.266 e. The summed E-state index contributed by atoms with van der Waals surface area (Å²) in [5.41, 5.74) is 1.33. The summed E-state index contributed by atoms with van der Waals surface area (Å²) < 4.78 is 12.2. The molecule has 37 heavy (non-hydrogen) atoms. The van der Waals surface area contributed by atoms with Gasteiger partial charge < -0.3 is 14.4 Å². The normalized spacial score (nSPS) is 11.9. The molecule has 0 bridgehead atoms. The second-order valence-corrected chi connectivity index (χ2v) is 9.18. The van der Waals surface area contributed by atoms with Gasteiger partial charge in [-0.3, -0.25) is 14.2 Å². The van der Waals surface area contributed by atoms with E-state index in [0.717, 1.165) is 0 Å². The molecule has 1 heterocycles. The number of benzene rings is 3. The predicted octanol–water partition coefficient (Wildman–Crippen LogP) is 5.94. The zero-order chi connectivity index (χ0) is 26.5. The summed E-state index contributed by atoms with van der Waals surface area (Å²) >= 11 is 12.3. The van der Waals surface area contributed by atoms with Gasteiger partial charge in [0.1, 0.15) is 11.6 Å². The number of amides is 1. The summed E-state index contributed by atoms with van der Waals surface area (Å²) in [5.74, 6) is 0.836. The van der Waals surface area contributed by atoms with Crippen molar-refractivity contribution in [1.82, 2.24) is 14.5 Å². The summed E-state index contributed by atoms with van der Waals surface area (Å²) in [6.07, 6.45) is 0.498. The van der Waals surface area contributed by atoms with Crippen LogP contribution in [0.3, 0.4) is 0 Å². The largest absolute Gasteiger partial charge is 0.497 e. The number of aromatic nitrogens is 2. The monoisotopic (exact) mass is 539 g/mol. The number of carbonyl (C=O) groups excluding carboxylic acids is 1. The Hall–Kier alpha value is -3.39. The Bertz CT molecular complexity index is 1470. The molecule has 1 unspecified atom stereocenters. The second-order valence-electron chi connectivity index (χ2n) is 8.37. The molecule has 0 saturated heterocycles. The van der Waals surface area contributed by atoms with Crippen molar-refractivity contribution in [2.45, 2.75) is 19.4 Å². The first kappa shape index (κ1) is 26.7. The van der Waals surface area contributed by atoms with Gasteiger partial charge in [0.15, 0.2) is 0 Å². The van der Waals surface area contributed by atoms with Crippen LogP contribution in [0.5, 0.6) is 5.75 Å². The molecule has 0 aliphatic carbocycles. The molecular formula is C28H27Cl2N3O4. The van der Waals surface area contributed by atoms with E-state index >= 15 is 0 Å². The molecular weight excluding hydrogens is 513 g/mol. The lowest BCUT2D eigenvalue weighted by molar-refractivity contribution is 0.0579. The van der Waals surface area contributed by atoms with Gasteiger partial charge in [-0.1, -0.05) is 42.3 Å². The highest BCUT2D eigenvalue weighted by atomic mass is 35.5. The molecule has 1 amide bonds. The molecule has 0 fully saturated rings. The van der Waals surface area contributed by atoms with Crippen molar-refractivity contribution in [3.05, 3.63) is 98.5 Å². The van der Waals surface area contributed by atoms with Crippen LogP contribution in [0.1, 0.15) is 35.6 Å². The Morgan fingerprint density at radius 3 is 2.41 bits per heavy atom. The number of halogens is 2. The fourth-order valence-corrected chi connectivity index (χ4v) is 4.58. The zero-order valence-electron chi connectivity index (χ0n) is 20.8. The molecule has 9 heteroatoms. The molecule has 0 radical (unpaired) electrons. The number of hydrogen-bond acceptors (Lipinski definition) is 5. The van der Waals surface area contributed by atoms with E-state index in [-0.39, 0.29) is 23.0 Å². The van der Waals surface area contributed by atoms with Crippen molar-refractivity contribution in [1.29, 1.82) is 0 Å². The quantitative estimate of drug-likeness (QED) is 0.263. The Morgan fingerprint density at radius 1 is 1.03 bits per heavy atom. The first-order chi connectivity index (χ1) is 17.9. The van der Waals surface area contributed by atoms with Crippen molar-refractivity contribution in [2.24, 2.45) is 0 Å². The molecule has 4 rings (SSSR count). The van der Waals surface area contributed by atoms with E-state index < -0.39 is 6.04 Å². The summed E-state index contributed by atoms with van der Waals surface area (Å²) in [6, 6.07) is 18.6. The van der Waals surface area contributed by atoms with Gasteiger partial charge >= 0.3 is 0 Å². The van der Waals surface area contributed by atoms with Gasteiger partial charge in [0.25, 0.3) is 11.5 Å². The summed E-state index contributed by atoms with van der Waals surface area (Å²) in [5, 5.41) is 1.13. The number of para-hydroxylation sites is 1. The molecule has 0 aliphatic rings. The lowest BCUT2D eigenvalue weighted by Crippen LogP contribution is -2.40. The van der Waals surface area contributed by atoms with E-state index in [1.54, 1.807) is 84.4 Å². The zero-order valence-corrected chi connectivity index (χ0v) is 22.3. The van der Waals surface area contributed by atoms with Crippen LogP contribution in [0.15, 0.2) is 71.5 Å². The van der Waals surface area contributed by atoms with E-state index in [1.165, 1.54) is 0 Å². The number of hydrogen-bond donors (Lipinski definition) is 0. The minimum atomic E-state index is -0.545. The fraction of sp³-hybridized carbons (Fsp3) is 0.250. The molecule has 0 saturated carbocycles. The van der Waals surface area contributed by atoms with E-state index in [0.29, 0.717) is 51.8 Å². The topological polar surface area (TPSA) is 73.7 Å². The number of rotatable bonds is 9. The predicted molar refractivity (Wildman–Crippen MR) is 146 cm³/mol. The van der Waals surface area contributed by atoms with Crippen molar-refractivity contribution >= 4 is 40.0 Å². The number of nitrogens with zero attached hydrogens (tertiary/aromatic N) is 3. The first-order valence-electron chi connectivity index (χ1n) is 11.8. The van der Waals surface area contributed by atoms with Crippen molar-refractivity contribution in [2.75, 3.05) is 27.4 Å². The van der Waals surface area contributed by atoms with Gasteiger partial charge in [0, 0.05) is 19.2 Å². The second kappa shape index (κ2) is 11.8. The van der Waals surface area contributed by atoms with Crippen LogP contribution >= 0.6 is 23.2 Å². The summed E-state index contributed by atoms with van der Waals surface area (Å²) in [7, 11) is 3.16. The van der Waals surface area contributed by atoms with Crippen LogP contribution in [-0.2, 0) is 4.74 Å². The average molecular weight is 540 g/mol. The number of fused-ring (bicyclic) bond motifs is 1. The standard InChI is InChI=1S/C28H27Cl2N3O4/c1-4-25(32(15-16-36-2)27(34)18-9-14-22(29)23(30)17-18)26-31-24-8-6-5-7-21(24)28(35)33(26)19-10-12-20(37-3)13-11-19/h5-14,17,25H,4,15-16H2,1-3H3. The summed E-state index contributed by atoms with van der Waals surface area (Å²) in [6.45, 7) is 2.52. The van der Waals surface area contributed by atoms with E-state index in [9.17, 15) is 9.59 Å². The molecule has 0 aliphatic heterocycles. The lowest BCUT2D eigenvalue weighted by atomic mass is 10.1. The summed E-state index contributed by atoms with van der Waals surface area (Å²) in [4.78, 5) is 34.2. The van der Waals surface area contributed by atoms with Crippen molar-refractivity contribution < 1.29 is 14.3 Å². The van der Waals surface area contributed by atoms with Gasteiger partial charge in [-0.05, 0) is 61.0 Å². The van der Waals surface area contributed by atoms with Crippen LogP contribution in [0.4, 0.5) is 0 Å². The molecule has 1 atom stereocenters. The highest BCUT2D eigenvalue weighted by Gasteiger charge is 2.30. The van der Waals surface area contributed by atoms with Crippen LogP contribution in [0.25, 0.3) is 16.6 Å². The van der Waals surface area contributed by atoms with Gasteiger partial charge in [-0.2, -0.15) is 0 Å². The first-order valence-corrected chi connectivity index (χ1v) is 12.6. The van der Waals surface area contributed by atoms with E-state index in [1.807, 2.05) is 13.0 Å². The highest BCUT2D eigenvalue weighted by Crippen LogP contribution is 2.29. The molecule has 4 aromatic rings. The highest BCUT2D eigenvalue weighted by molar-refractivity contribution is 6.42. The molecule has 0 N–H and O–H groups in total. The van der Waals surface area contributed by atoms with Gasteiger partial charge in [0.05, 0.1) is 46.4 Å². The molecule has 1 aromatic heterocycles. The van der Waals surface area contributed by atoms with Crippen molar-refractivity contribution in [3.8, 4) is 11.4 Å². The number of ether oxygens (including phenoxy) is 2. The average Bonchev–Trinajstić information content (AvgIpc) is 2.92. The molecule has 7 nitrogen and oxygen atoms in total. The fourth-order valence-electron chi connectivity index (χ4n) is 4.28. The Morgan fingerprint density at radius 2 is 1.76 bits per heavy atom. The van der Waals surface area contributed by atoms with Crippen LogP contribution in [0.2, 0.25) is 10.0 Å². The van der Waals surface area contributed by atoms with Crippen molar-refractivity contribution in [3.63, 3.8) is 0 Å². The third-order valence-corrected chi connectivity index (χ3v) is 6.90.